The molecule has 1 aromatic rings. The molecule has 6 nitrogen and oxygen atoms in total. The van der Waals surface area contributed by atoms with Crippen LogP contribution in [0.3, 0.4) is 0 Å². The van der Waals surface area contributed by atoms with Gasteiger partial charge in [0.15, 0.2) is 0 Å². The van der Waals surface area contributed by atoms with E-state index in [0.29, 0.717) is 17.8 Å². The Morgan fingerprint density at radius 1 is 1.07 bits per heavy atom. The lowest BCUT2D eigenvalue weighted by molar-refractivity contribution is 0.0954. The molecular formula is C21H32N4O2. The molecular weight excluding hydrogens is 340 g/mol. The van der Waals surface area contributed by atoms with Crippen molar-refractivity contribution in [3.63, 3.8) is 0 Å². The fourth-order valence-electron chi connectivity index (χ4n) is 3.96. The van der Waals surface area contributed by atoms with E-state index in [1.165, 1.54) is 19.3 Å². The number of carbonyl (C=O) groups is 2. The molecule has 3 N–H and O–H groups in total. The second-order valence-electron chi connectivity index (χ2n) is 7.62. The Labute approximate surface area is 162 Å². The SMILES string of the molecule is CCCNC(=O)c1cc(NC(=O)NC2CCCCC2)ccc1N1CCCC1. The first-order chi connectivity index (χ1) is 13.2. The summed E-state index contributed by atoms with van der Waals surface area (Å²) in [7, 11) is 0. The summed E-state index contributed by atoms with van der Waals surface area (Å²) in [5.41, 5.74) is 2.26. The van der Waals surface area contributed by atoms with Gasteiger partial charge in [-0.05, 0) is 50.3 Å². The van der Waals surface area contributed by atoms with Crippen LogP contribution in [0.2, 0.25) is 0 Å². The quantitative estimate of drug-likeness (QED) is 0.709. The fourth-order valence-corrected chi connectivity index (χ4v) is 3.96. The van der Waals surface area contributed by atoms with Crippen molar-refractivity contribution in [3.8, 4) is 0 Å². The fraction of sp³-hybridized carbons (Fsp3) is 0.619. The Morgan fingerprint density at radius 2 is 1.81 bits per heavy atom. The predicted molar refractivity (Wildman–Crippen MR) is 110 cm³/mol. The van der Waals surface area contributed by atoms with Crippen LogP contribution in [0.15, 0.2) is 18.2 Å². The van der Waals surface area contributed by atoms with Crippen molar-refractivity contribution < 1.29 is 9.59 Å². The van der Waals surface area contributed by atoms with Gasteiger partial charge < -0.3 is 20.9 Å². The van der Waals surface area contributed by atoms with Gasteiger partial charge in [-0.1, -0.05) is 26.2 Å². The minimum Gasteiger partial charge on any atom is -0.371 e. The number of anilines is 2. The molecule has 0 aromatic heterocycles. The highest BCUT2D eigenvalue weighted by molar-refractivity contribution is 6.02. The molecule has 27 heavy (non-hydrogen) atoms. The van der Waals surface area contributed by atoms with Crippen molar-refractivity contribution >= 4 is 23.3 Å². The maximum Gasteiger partial charge on any atom is 0.319 e. The van der Waals surface area contributed by atoms with E-state index in [4.69, 9.17) is 0 Å². The molecule has 0 spiro atoms. The summed E-state index contributed by atoms with van der Waals surface area (Å²) in [4.78, 5) is 27.3. The second kappa shape index (κ2) is 9.62. The summed E-state index contributed by atoms with van der Waals surface area (Å²) in [5, 5.41) is 8.93. The lowest BCUT2D eigenvalue weighted by atomic mass is 9.96. The molecule has 1 heterocycles. The molecule has 2 aliphatic rings. The normalized spacial score (nSPS) is 17.6. The summed E-state index contributed by atoms with van der Waals surface area (Å²) in [5.74, 6) is -0.0740. The molecule has 0 unspecified atom stereocenters. The summed E-state index contributed by atoms with van der Waals surface area (Å²) in [6.45, 7) is 4.64. The monoisotopic (exact) mass is 372 g/mol. The molecule has 148 valence electrons. The maximum atomic E-state index is 12.7. The summed E-state index contributed by atoms with van der Waals surface area (Å²) in [6.07, 6.45) is 8.91. The van der Waals surface area contributed by atoms with E-state index < -0.39 is 0 Å². The topological polar surface area (TPSA) is 73.5 Å². The Hall–Kier alpha value is -2.24. The van der Waals surface area contributed by atoms with Crippen LogP contribution in [0.5, 0.6) is 0 Å². The molecule has 6 heteroatoms. The molecule has 3 rings (SSSR count). The highest BCUT2D eigenvalue weighted by Gasteiger charge is 2.21. The standard InChI is InChI=1S/C21H32N4O2/c1-2-12-22-20(26)18-15-17(10-11-19(18)25-13-6-7-14-25)24-21(27)23-16-8-4-3-5-9-16/h10-11,15-16H,2-9,12-14H2,1H3,(H,22,26)(H2,23,24,27). The molecule has 1 saturated heterocycles. The van der Waals surface area contributed by atoms with Crippen LogP contribution < -0.4 is 20.9 Å². The van der Waals surface area contributed by atoms with E-state index in [1.54, 1.807) is 6.07 Å². The number of hydrogen-bond acceptors (Lipinski definition) is 3. The van der Waals surface area contributed by atoms with Gasteiger partial charge in [0.1, 0.15) is 0 Å². The van der Waals surface area contributed by atoms with Crippen LogP contribution in [-0.4, -0.2) is 37.6 Å². The van der Waals surface area contributed by atoms with Gasteiger partial charge in [0, 0.05) is 37.1 Å². The van der Waals surface area contributed by atoms with Crippen LogP contribution in [0.4, 0.5) is 16.2 Å². The Morgan fingerprint density at radius 3 is 2.52 bits per heavy atom. The molecule has 2 fully saturated rings. The number of amides is 3. The van der Waals surface area contributed by atoms with E-state index in [9.17, 15) is 9.59 Å². The highest BCUT2D eigenvalue weighted by atomic mass is 16.2. The Balaban J connectivity index is 1.71. The van der Waals surface area contributed by atoms with Crippen molar-refractivity contribution in [2.24, 2.45) is 0 Å². The van der Waals surface area contributed by atoms with Gasteiger partial charge >= 0.3 is 6.03 Å². The van der Waals surface area contributed by atoms with E-state index in [-0.39, 0.29) is 18.0 Å². The van der Waals surface area contributed by atoms with Gasteiger partial charge in [0.2, 0.25) is 0 Å². The van der Waals surface area contributed by atoms with E-state index in [2.05, 4.69) is 20.9 Å². The molecule has 0 bridgehead atoms. The van der Waals surface area contributed by atoms with Crippen LogP contribution in [-0.2, 0) is 0 Å². The lowest BCUT2D eigenvalue weighted by Crippen LogP contribution is -2.39. The number of urea groups is 1. The van der Waals surface area contributed by atoms with Crippen molar-refractivity contribution in [2.75, 3.05) is 29.9 Å². The minimum absolute atomic E-state index is 0.0740. The molecule has 0 atom stereocenters. The summed E-state index contributed by atoms with van der Waals surface area (Å²) >= 11 is 0. The number of carbonyl (C=O) groups excluding carboxylic acids is 2. The van der Waals surface area contributed by atoms with Gasteiger partial charge in [-0.15, -0.1) is 0 Å². The molecule has 3 amide bonds. The largest absolute Gasteiger partial charge is 0.371 e. The smallest absolute Gasteiger partial charge is 0.319 e. The van der Waals surface area contributed by atoms with Gasteiger partial charge in [-0.3, -0.25) is 4.79 Å². The zero-order valence-electron chi connectivity index (χ0n) is 16.4. The predicted octanol–water partition coefficient (Wildman–Crippen LogP) is 3.88. The third kappa shape index (κ3) is 5.37. The number of benzene rings is 1. The number of nitrogens with zero attached hydrogens (tertiary/aromatic N) is 1. The van der Waals surface area contributed by atoms with Crippen LogP contribution in [0.1, 0.15) is 68.6 Å². The average molecular weight is 373 g/mol. The first-order valence-electron chi connectivity index (χ1n) is 10.4. The Kier molecular flexibility index (Phi) is 6.96. The van der Waals surface area contributed by atoms with Crippen LogP contribution in [0.25, 0.3) is 0 Å². The maximum absolute atomic E-state index is 12.7. The van der Waals surface area contributed by atoms with Gasteiger partial charge in [0.25, 0.3) is 5.91 Å². The van der Waals surface area contributed by atoms with Crippen molar-refractivity contribution in [2.45, 2.75) is 64.3 Å². The van der Waals surface area contributed by atoms with Crippen molar-refractivity contribution in [1.82, 2.24) is 10.6 Å². The van der Waals surface area contributed by atoms with Gasteiger partial charge in [0.05, 0.1) is 5.56 Å². The lowest BCUT2D eigenvalue weighted by Gasteiger charge is -2.24. The molecule has 1 aliphatic carbocycles. The molecule has 0 radical (unpaired) electrons. The number of rotatable bonds is 6. The Bertz CT molecular complexity index is 650. The zero-order valence-corrected chi connectivity index (χ0v) is 16.4. The number of hydrogen-bond donors (Lipinski definition) is 3. The van der Waals surface area contributed by atoms with Crippen molar-refractivity contribution in [3.05, 3.63) is 23.8 Å². The van der Waals surface area contributed by atoms with E-state index in [0.717, 1.165) is 50.9 Å². The highest BCUT2D eigenvalue weighted by Crippen LogP contribution is 2.27. The zero-order chi connectivity index (χ0) is 19.1. The summed E-state index contributed by atoms with van der Waals surface area (Å²) < 4.78 is 0. The van der Waals surface area contributed by atoms with Crippen LogP contribution >= 0.6 is 0 Å². The van der Waals surface area contributed by atoms with E-state index >= 15 is 0 Å². The average Bonchev–Trinajstić information content (AvgIpc) is 3.21. The first kappa shape index (κ1) is 19.5. The van der Waals surface area contributed by atoms with Gasteiger partial charge in [-0.2, -0.15) is 0 Å². The molecule has 1 aliphatic heterocycles. The van der Waals surface area contributed by atoms with Crippen LogP contribution in [0, 0.1) is 0 Å². The minimum atomic E-state index is -0.185. The first-order valence-corrected chi connectivity index (χ1v) is 10.4. The number of nitrogens with one attached hydrogen (secondary N) is 3. The van der Waals surface area contributed by atoms with Gasteiger partial charge in [-0.25, -0.2) is 4.79 Å². The molecule has 1 aromatic carbocycles. The summed E-state index contributed by atoms with van der Waals surface area (Å²) in [6, 6.07) is 5.73. The third-order valence-corrected chi connectivity index (χ3v) is 5.42. The third-order valence-electron chi connectivity index (χ3n) is 5.42. The van der Waals surface area contributed by atoms with E-state index in [1.807, 2.05) is 19.1 Å². The van der Waals surface area contributed by atoms with Crippen molar-refractivity contribution in [1.29, 1.82) is 0 Å². The molecule has 1 saturated carbocycles. The second-order valence-corrected chi connectivity index (χ2v) is 7.62.